The monoisotopic (exact) mass is 263 g/mol. The van der Waals surface area contributed by atoms with E-state index < -0.39 is 0 Å². The molecule has 0 aromatic carbocycles. The fourth-order valence-corrected chi connectivity index (χ4v) is 3.49. The molecule has 0 radical (unpaired) electrons. The minimum absolute atomic E-state index is 0.151. The summed E-state index contributed by atoms with van der Waals surface area (Å²) in [6.07, 6.45) is 9.50. The predicted octanol–water partition coefficient (Wildman–Crippen LogP) is 2.07. The van der Waals surface area contributed by atoms with E-state index in [2.05, 4.69) is 5.16 Å². The lowest BCUT2D eigenvalue weighted by Gasteiger charge is -2.24. The van der Waals surface area contributed by atoms with Gasteiger partial charge >= 0.3 is 0 Å². The van der Waals surface area contributed by atoms with Crippen molar-refractivity contribution >= 4 is 5.84 Å². The number of nitrogens with zero attached hydrogens (tertiary/aromatic N) is 2. The minimum atomic E-state index is 0.151. The molecule has 1 aliphatic heterocycles. The second-order valence-electron chi connectivity index (χ2n) is 5.70. The Morgan fingerprint density at radius 3 is 3.00 bits per heavy atom. The van der Waals surface area contributed by atoms with Gasteiger partial charge in [-0.05, 0) is 37.8 Å². The van der Waals surface area contributed by atoms with Crippen LogP contribution in [0.4, 0.5) is 0 Å². The molecule has 1 aliphatic carbocycles. The lowest BCUT2D eigenvalue weighted by atomic mass is 9.98. The van der Waals surface area contributed by atoms with Crippen LogP contribution in [0, 0.1) is 0 Å². The highest BCUT2D eigenvalue weighted by Gasteiger charge is 2.42. The van der Waals surface area contributed by atoms with Crippen molar-refractivity contribution in [2.45, 2.75) is 56.8 Å². The Hall–Kier alpha value is -1.49. The van der Waals surface area contributed by atoms with Crippen molar-refractivity contribution in [2.75, 3.05) is 0 Å². The van der Waals surface area contributed by atoms with Gasteiger partial charge in [-0.2, -0.15) is 0 Å². The van der Waals surface area contributed by atoms with E-state index in [-0.39, 0.29) is 17.5 Å². The molecule has 19 heavy (non-hydrogen) atoms. The predicted molar refractivity (Wildman–Crippen MR) is 72.2 cm³/mol. The number of rotatable bonds is 3. The van der Waals surface area contributed by atoms with Gasteiger partial charge < -0.3 is 20.2 Å². The molecule has 1 saturated heterocycles. The van der Waals surface area contributed by atoms with E-state index in [9.17, 15) is 0 Å². The van der Waals surface area contributed by atoms with E-state index in [1.807, 2.05) is 22.9 Å². The standard InChI is InChI=1S/C14H21N3O2/c15-13(16-18)12-4-3-9-17(12)10-11-5-8-14(19-11)6-1-2-7-14/h3-4,9,11,18H,1-2,5-8,10H2,(H2,15,16). The summed E-state index contributed by atoms with van der Waals surface area (Å²) in [6.45, 7) is 0.778. The summed E-state index contributed by atoms with van der Waals surface area (Å²) in [5.41, 5.74) is 6.58. The van der Waals surface area contributed by atoms with Gasteiger partial charge in [-0.1, -0.05) is 18.0 Å². The van der Waals surface area contributed by atoms with Crippen LogP contribution in [0.1, 0.15) is 44.2 Å². The zero-order valence-electron chi connectivity index (χ0n) is 11.1. The highest BCUT2D eigenvalue weighted by molar-refractivity contribution is 5.95. The van der Waals surface area contributed by atoms with Gasteiger partial charge in [0, 0.05) is 12.7 Å². The van der Waals surface area contributed by atoms with Crippen LogP contribution in [0.5, 0.6) is 0 Å². The number of hydrogen-bond donors (Lipinski definition) is 2. The van der Waals surface area contributed by atoms with Crippen molar-refractivity contribution in [3.8, 4) is 0 Å². The van der Waals surface area contributed by atoms with Crippen molar-refractivity contribution in [2.24, 2.45) is 10.9 Å². The lowest BCUT2D eigenvalue weighted by Crippen LogP contribution is -2.27. The average Bonchev–Trinajstić information content (AvgIpc) is 3.13. The van der Waals surface area contributed by atoms with Gasteiger partial charge in [0.1, 0.15) is 0 Å². The van der Waals surface area contributed by atoms with Gasteiger partial charge in [-0.3, -0.25) is 0 Å². The minimum Gasteiger partial charge on any atom is -0.409 e. The molecule has 2 heterocycles. The zero-order valence-corrected chi connectivity index (χ0v) is 11.1. The molecular formula is C14H21N3O2. The number of nitrogens with two attached hydrogens (primary N) is 1. The molecule has 1 saturated carbocycles. The third kappa shape index (κ3) is 2.34. The van der Waals surface area contributed by atoms with Gasteiger partial charge in [0.15, 0.2) is 5.84 Å². The summed E-state index contributed by atoms with van der Waals surface area (Å²) < 4.78 is 8.30. The molecule has 2 fully saturated rings. The Morgan fingerprint density at radius 2 is 2.26 bits per heavy atom. The Kier molecular flexibility index (Phi) is 3.22. The van der Waals surface area contributed by atoms with Crippen LogP contribution in [-0.4, -0.2) is 27.3 Å². The first kappa shape index (κ1) is 12.5. The molecule has 1 aromatic rings. The Labute approximate surface area is 113 Å². The number of ether oxygens (including phenoxy) is 1. The van der Waals surface area contributed by atoms with E-state index in [1.54, 1.807) is 0 Å². The molecule has 3 rings (SSSR count). The van der Waals surface area contributed by atoms with Gasteiger partial charge in [0.05, 0.1) is 17.4 Å². The van der Waals surface area contributed by atoms with Gasteiger partial charge in [-0.15, -0.1) is 0 Å². The van der Waals surface area contributed by atoms with E-state index >= 15 is 0 Å². The fourth-order valence-electron chi connectivity index (χ4n) is 3.49. The molecule has 1 spiro atoms. The van der Waals surface area contributed by atoms with Crippen LogP contribution in [0.2, 0.25) is 0 Å². The molecule has 2 aliphatic rings. The number of hydrogen-bond acceptors (Lipinski definition) is 3. The molecule has 5 nitrogen and oxygen atoms in total. The fraction of sp³-hybridized carbons (Fsp3) is 0.643. The molecule has 1 unspecified atom stereocenters. The van der Waals surface area contributed by atoms with Crippen molar-refractivity contribution in [1.82, 2.24) is 4.57 Å². The summed E-state index contributed by atoms with van der Waals surface area (Å²) in [5.74, 6) is 0.151. The van der Waals surface area contributed by atoms with Crippen molar-refractivity contribution in [1.29, 1.82) is 0 Å². The molecule has 0 amide bonds. The third-order valence-corrected chi connectivity index (χ3v) is 4.45. The van der Waals surface area contributed by atoms with Crippen LogP contribution >= 0.6 is 0 Å². The van der Waals surface area contributed by atoms with Gasteiger partial charge in [0.2, 0.25) is 0 Å². The van der Waals surface area contributed by atoms with E-state index in [0.29, 0.717) is 0 Å². The van der Waals surface area contributed by atoms with Crippen LogP contribution in [0.3, 0.4) is 0 Å². The highest BCUT2D eigenvalue weighted by Crippen LogP contribution is 2.43. The molecule has 1 atom stereocenters. The highest BCUT2D eigenvalue weighted by atomic mass is 16.5. The van der Waals surface area contributed by atoms with Crippen molar-refractivity contribution in [3.63, 3.8) is 0 Å². The maximum atomic E-state index is 8.78. The Balaban J connectivity index is 1.68. The topological polar surface area (TPSA) is 72.8 Å². The first-order valence-electron chi connectivity index (χ1n) is 7.03. The molecule has 3 N–H and O–H groups in total. The third-order valence-electron chi connectivity index (χ3n) is 4.45. The summed E-state index contributed by atoms with van der Waals surface area (Å²) in [4.78, 5) is 0. The first-order chi connectivity index (χ1) is 9.22. The van der Waals surface area contributed by atoms with Gasteiger partial charge in [0.25, 0.3) is 0 Å². The Bertz CT molecular complexity index is 475. The zero-order chi connectivity index (χ0) is 13.3. The lowest BCUT2D eigenvalue weighted by molar-refractivity contribution is -0.0418. The second kappa shape index (κ2) is 4.89. The first-order valence-corrected chi connectivity index (χ1v) is 7.03. The maximum absolute atomic E-state index is 8.78. The largest absolute Gasteiger partial charge is 0.409 e. The molecule has 104 valence electrons. The molecular weight excluding hydrogens is 242 g/mol. The van der Waals surface area contributed by atoms with Crippen LogP contribution in [0.25, 0.3) is 0 Å². The number of aromatic nitrogens is 1. The summed E-state index contributed by atoms with van der Waals surface area (Å²) in [5, 5.41) is 11.8. The summed E-state index contributed by atoms with van der Waals surface area (Å²) in [7, 11) is 0. The summed E-state index contributed by atoms with van der Waals surface area (Å²) >= 11 is 0. The molecule has 0 bridgehead atoms. The van der Waals surface area contributed by atoms with E-state index in [0.717, 1.165) is 18.7 Å². The van der Waals surface area contributed by atoms with Crippen LogP contribution in [0.15, 0.2) is 23.5 Å². The number of amidine groups is 1. The molecule has 5 heteroatoms. The van der Waals surface area contributed by atoms with Crippen molar-refractivity contribution < 1.29 is 9.94 Å². The average molecular weight is 263 g/mol. The number of oxime groups is 1. The molecule has 1 aromatic heterocycles. The Morgan fingerprint density at radius 1 is 1.47 bits per heavy atom. The smallest absolute Gasteiger partial charge is 0.186 e. The van der Waals surface area contributed by atoms with Crippen molar-refractivity contribution in [3.05, 3.63) is 24.0 Å². The van der Waals surface area contributed by atoms with Crippen LogP contribution < -0.4 is 5.73 Å². The van der Waals surface area contributed by atoms with E-state index in [4.69, 9.17) is 15.7 Å². The van der Waals surface area contributed by atoms with E-state index in [1.165, 1.54) is 32.1 Å². The van der Waals surface area contributed by atoms with Gasteiger partial charge in [-0.25, -0.2) is 0 Å². The summed E-state index contributed by atoms with van der Waals surface area (Å²) in [6, 6.07) is 3.77. The maximum Gasteiger partial charge on any atom is 0.186 e. The van der Waals surface area contributed by atoms with Crippen LogP contribution in [-0.2, 0) is 11.3 Å². The SMILES string of the molecule is N/C(=N/O)c1cccn1CC1CCC2(CCCC2)O1. The normalized spacial score (nSPS) is 26.3. The second-order valence-corrected chi connectivity index (χ2v) is 5.70. The quantitative estimate of drug-likeness (QED) is 0.379.